The zero-order valence-electron chi connectivity index (χ0n) is 16.1. The standard InChI is InChI=1S/C24H22N2O2/c1-25-22-15-14-20-19(16-8-10-18(28-2)11-9-16)12-13-21(20)23(22)24(27)26(25)17-6-4-3-5-7-17/h3-11,14-15,19H,12-13H2,1-2H3. The van der Waals surface area contributed by atoms with Crippen LogP contribution in [0.5, 0.6) is 5.75 Å². The summed E-state index contributed by atoms with van der Waals surface area (Å²) in [4.78, 5) is 13.4. The van der Waals surface area contributed by atoms with E-state index >= 15 is 0 Å². The van der Waals surface area contributed by atoms with E-state index in [0.29, 0.717) is 5.92 Å². The maximum atomic E-state index is 13.4. The zero-order chi connectivity index (χ0) is 19.3. The van der Waals surface area contributed by atoms with E-state index in [4.69, 9.17) is 4.74 Å². The molecular weight excluding hydrogens is 348 g/mol. The molecule has 0 saturated carbocycles. The van der Waals surface area contributed by atoms with Crippen LogP contribution in [0.1, 0.15) is 29.0 Å². The highest BCUT2D eigenvalue weighted by Gasteiger charge is 2.28. The van der Waals surface area contributed by atoms with Crippen molar-refractivity contribution in [3.63, 3.8) is 0 Å². The minimum absolute atomic E-state index is 0.0657. The molecule has 1 aromatic heterocycles. The summed E-state index contributed by atoms with van der Waals surface area (Å²) < 4.78 is 9.02. The van der Waals surface area contributed by atoms with Crippen molar-refractivity contribution in [2.75, 3.05) is 7.11 Å². The lowest BCUT2D eigenvalue weighted by Gasteiger charge is -2.13. The quantitative estimate of drug-likeness (QED) is 0.535. The summed E-state index contributed by atoms with van der Waals surface area (Å²) in [5.74, 6) is 1.20. The van der Waals surface area contributed by atoms with E-state index in [0.717, 1.165) is 35.2 Å². The van der Waals surface area contributed by atoms with Crippen molar-refractivity contribution in [2.45, 2.75) is 18.8 Å². The molecule has 0 amide bonds. The van der Waals surface area contributed by atoms with Crippen molar-refractivity contribution in [2.24, 2.45) is 7.05 Å². The Balaban J connectivity index is 1.68. The van der Waals surface area contributed by atoms with Gasteiger partial charge < -0.3 is 4.74 Å². The SMILES string of the molecule is COc1ccc(C2CCc3c2ccc2c3c(=O)n(-c3ccccc3)n2C)cc1. The molecule has 1 unspecified atom stereocenters. The average molecular weight is 370 g/mol. The Morgan fingerprint density at radius 3 is 2.43 bits per heavy atom. The highest BCUT2D eigenvalue weighted by molar-refractivity contribution is 5.85. The van der Waals surface area contributed by atoms with Gasteiger partial charge in [-0.3, -0.25) is 9.48 Å². The van der Waals surface area contributed by atoms with Crippen molar-refractivity contribution < 1.29 is 4.74 Å². The third-order valence-corrected chi connectivity index (χ3v) is 5.96. The summed E-state index contributed by atoms with van der Waals surface area (Å²) in [5.41, 5.74) is 5.70. The Morgan fingerprint density at radius 2 is 1.71 bits per heavy atom. The van der Waals surface area contributed by atoms with Crippen LogP contribution >= 0.6 is 0 Å². The van der Waals surface area contributed by atoms with Crippen LogP contribution in [0.4, 0.5) is 0 Å². The molecule has 5 rings (SSSR count). The summed E-state index contributed by atoms with van der Waals surface area (Å²) >= 11 is 0. The first-order valence-corrected chi connectivity index (χ1v) is 9.62. The van der Waals surface area contributed by atoms with E-state index in [2.05, 4.69) is 24.3 Å². The first-order valence-electron chi connectivity index (χ1n) is 9.62. The number of para-hydroxylation sites is 1. The van der Waals surface area contributed by atoms with E-state index in [-0.39, 0.29) is 5.56 Å². The number of rotatable bonds is 3. The highest BCUT2D eigenvalue weighted by atomic mass is 16.5. The molecule has 1 aliphatic rings. The number of hydrogen-bond acceptors (Lipinski definition) is 2. The second kappa shape index (κ2) is 6.41. The van der Waals surface area contributed by atoms with E-state index < -0.39 is 0 Å². The van der Waals surface area contributed by atoms with Crippen molar-refractivity contribution in [1.82, 2.24) is 9.36 Å². The lowest BCUT2D eigenvalue weighted by molar-refractivity contribution is 0.414. The summed E-state index contributed by atoms with van der Waals surface area (Å²) in [6.45, 7) is 0. The van der Waals surface area contributed by atoms with Gasteiger partial charge >= 0.3 is 0 Å². The Morgan fingerprint density at radius 1 is 0.964 bits per heavy atom. The van der Waals surface area contributed by atoms with Crippen LogP contribution < -0.4 is 10.3 Å². The average Bonchev–Trinajstić information content (AvgIpc) is 3.28. The normalized spacial score (nSPS) is 15.7. The van der Waals surface area contributed by atoms with Gasteiger partial charge in [0.15, 0.2) is 0 Å². The van der Waals surface area contributed by atoms with E-state index in [1.54, 1.807) is 11.8 Å². The topological polar surface area (TPSA) is 36.2 Å². The van der Waals surface area contributed by atoms with E-state index in [1.165, 1.54) is 16.7 Å². The molecular formula is C24H22N2O2. The monoisotopic (exact) mass is 370 g/mol. The van der Waals surface area contributed by atoms with Gasteiger partial charge in [0.05, 0.1) is 23.7 Å². The number of methoxy groups -OCH3 is 1. The van der Waals surface area contributed by atoms with Crippen LogP contribution in [0.25, 0.3) is 16.6 Å². The molecule has 4 nitrogen and oxygen atoms in total. The number of ether oxygens (including phenoxy) is 1. The second-order valence-corrected chi connectivity index (χ2v) is 7.37. The molecule has 0 aliphatic heterocycles. The Kier molecular flexibility index (Phi) is 3.86. The van der Waals surface area contributed by atoms with Crippen LogP contribution in [0.2, 0.25) is 0 Å². The van der Waals surface area contributed by atoms with Crippen LogP contribution in [-0.2, 0) is 13.5 Å². The molecule has 0 bridgehead atoms. The predicted octanol–water partition coefficient (Wildman–Crippen LogP) is 4.42. The van der Waals surface area contributed by atoms with E-state index in [1.807, 2.05) is 54.2 Å². The van der Waals surface area contributed by atoms with Gasteiger partial charge in [0.25, 0.3) is 5.56 Å². The predicted molar refractivity (Wildman–Crippen MR) is 112 cm³/mol. The molecule has 4 heteroatoms. The summed E-state index contributed by atoms with van der Waals surface area (Å²) in [6, 6.07) is 22.4. The fourth-order valence-electron chi connectivity index (χ4n) is 4.59. The lowest BCUT2D eigenvalue weighted by Crippen LogP contribution is -2.19. The Labute approximate surface area is 163 Å². The minimum atomic E-state index is 0.0657. The largest absolute Gasteiger partial charge is 0.497 e. The summed E-state index contributed by atoms with van der Waals surface area (Å²) in [5, 5.41) is 0.861. The van der Waals surface area contributed by atoms with Crippen LogP contribution in [0.15, 0.2) is 71.5 Å². The number of aryl methyl sites for hydroxylation is 2. The number of benzene rings is 3. The van der Waals surface area contributed by atoms with Gasteiger partial charge in [0, 0.05) is 13.0 Å². The summed E-state index contributed by atoms with van der Waals surface area (Å²) in [7, 11) is 3.64. The van der Waals surface area contributed by atoms with Crippen LogP contribution in [0, 0.1) is 0 Å². The van der Waals surface area contributed by atoms with Crippen molar-refractivity contribution in [3.05, 3.63) is 93.8 Å². The van der Waals surface area contributed by atoms with Crippen LogP contribution in [-0.4, -0.2) is 16.5 Å². The molecule has 0 N–H and O–H groups in total. The molecule has 1 atom stereocenters. The minimum Gasteiger partial charge on any atom is -0.497 e. The molecule has 3 aromatic carbocycles. The van der Waals surface area contributed by atoms with Crippen LogP contribution in [0.3, 0.4) is 0 Å². The molecule has 0 fully saturated rings. The van der Waals surface area contributed by atoms with Gasteiger partial charge in [-0.2, -0.15) is 0 Å². The van der Waals surface area contributed by atoms with Gasteiger partial charge in [-0.25, -0.2) is 4.68 Å². The fraction of sp³-hybridized carbons (Fsp3) is 0.208. The maximum Gasteiger partial charge on any atom is 0.279 e. The maximum absolute atomic E-state index is 13.4. The third-order valence-electron chi connectivity index (χ3n) is 5.96. The fourth-order valence-corrected chi connectivity index (χ4v) is 4.59. The van der Waals surface area contributed by atoms with Crippen molar-refractivity contribution in [3.8, 4) is 11.4 Å². The van der Waals surface area contributed by atoms with Gasteiger partial charge in [0.1, 0.15) is 5.75 Å². The lowest BCUT2D eigenvalue weighted by atomic mass is 9.92. The van der Waals surface area contributed by atoms with Gasteiger partial charge in [-0.15, -0.1) is 0 Å². The Hall–Kier alpha value is -3.27. The molecule has 0 spiro atoms. The number of hydrogen-bond donors (Lipinski definition) is 0. The number of fused-ring (bicyclic) bond motifs is 3. The van der Waals surface area contributed by atoms with Gasteiger partial charge in [0.2, 0.25) is 0 Å². The molecule has 0 radical (unpaired) electrons. The van der Waals surface area contributed by atoms with Crippen molar-refractivity contribution in [1.29, 1.82) is 0 Å². The number of aromatic nitrogens is 2. The molecule has 1 aliphatic carbocycles. The number of nitrogens with zero attached hydrogens (tertiary/aromatic N) is 2. The summed E-state index contributed by atoms with van der Waals surface area (Å²) in [6.07, 6.45) is 1.96. The Bertz CT molecular complexity index is 1220. The second-order valence-electron chi connectivity index (χ2n) is 7.37. The molecule has 1 heterocycles. The molecule has 140 valence electrons. The van der Waals surface area contributed by atoms with Gasteiger partial charge in [-0.05, 0) is 59.9 Å². The highest BCUT2D eigenvalue weighted by Crippen LogP contribution is 2.41. The molecule has 28 heavy (non-hydrogen) atoms. The zero-order valence-corrected chi connectivity index (χ0v) is 16.1. The molecule has 0 saturated heterocycles. The van der Waals surface area contributed by atoms with Gasteiger partial charge in [-0.1, -0.05) is 36.4 Å². The smallest absolute Gasteiger partial charge is 0.279 e. The van der Waals surface area contributed by atoms with E-state index in [9.17, 15) is 4.79 Å². The van der Waals surface area contributed by atoms with Crippen molar-refractivity contribution >= 4 is 10.9 Å². The first kappa shape index (κ1) is 16.9. The first-order chi connectivity index (χ1) is 13.7. The molecule has 4 aromatic rings. The third kappa shape index (κ3) is 2.41.